The minimum Gasteiger partial charge on any atom is -0.316 e. The number of aryl methyl sites for hydroxylation is 1. The lowest BCUT2D eigenvalue weighted by molar-refractivity contribution is 0.506. The van der Waals surface area contributed by atoms with Crippen LogP contribution < -0.4 is 5.32 Å². The van der Waals surface area contributed by atoms with Gasteiger partial charge in [0, 0.05) is 6.54 Å². The van der Waals surface area contributed by atoms with Gasteiger partial charge in [0.05, 0.1) is 0 Å². The minimum atomic E-state index is -0.0951. The molecule has 0 aliphatic heterocycles. The topological polar surface area (TPSA) is 12.0 Å². The van der Waals surface area contributed by atoms with E-state index in [1.54, 1.807) is 6.07 Å². The Morgan fingerprint density at radius 2 is 1.86 bits per heavy atom. The molecule has 1 aliphatic carbocycles. The number of hydrogen-bond acceptors (Lipinski definition) is 1. The third-order valence-corrected chi connectivity index (χ3v) is 4.41. The monoisotopic (exact) mass is 283 g/mol. The van der Waals surface area contributed by atoms with E-state index >= 15 is 0 Å². The Morgan fingerprint density at radius 3 is 2.76 bits per heavy atom. The molecule has 1 atom stereocenters. The summed E-state index contributed by atoms with van der Waals surface area (Å²) in [6.07, 6.45) is 4.49. The zero-order chi connectivity index (χ0) is 14.5. The van der Waals surface area contributed by atoms with E-state index in [2.05, 4.69) is 29.6 Å². The van der Waals surface area contributed by atoms with Crippen molar-refractivity contribution in [1.29, 1.82) is 0 Å². The molecule has 1 N–H and O–H groups in total. The fourth-order valence-electron chi connectivity index (χ4n) is 3.27. The maximum absolute atomic E-state index is 13.5. The number of fused-ring (bicyclic) bond motifs is 1. The van der Waals surface area contributed by atoms with Crippen LogP contribution in [0.4, 0.5) is 4.39 Å². The Kier molecular flexibility index (Phi) is 4.66. The summed E-state index contributed by atoms with van der Waals surface area (Å²) in [5.74, 6) is 0.512. The minimum absolute atomic E-state index is 0.0951. The lowest BCUT2D eigenvalue weighted by atomic mass is 9.83. The molecule has 0 spiro atoms. The molecule has 110 valence electrons. The van der Waals surface area contributed by atoms with Crippen molar-refractivity contribution in [3.63, 3.8) is 0 Å². The molecule has 2 heteroatoms. The number of benzene rings is 2. The van der Waals surface area contributed by atoms with Crippen molar-refractivity contribution < 1.29 is 4.39 Å². The zero-order valence-corrected chi connectivity index (χ0v) is 12.3. The molecule has 0 radical (unpaired) electrons. The van der Waals surface area contributed by atoms with E-state index in [0.717, 1.165) is 25.1 Å². The molecule has 0 heterocycles. The van der Waals surface area contributed by atoms with Crippen LogP contribution in [-0.4, -0.2) is 13.1 Å². The van der Waals surface area contributed by atoms with Gasteiger partial charge in [-0.1, -0.05) is 42.5 Å². The van der Waals surface area contributed by atoms with Crippen LogP contribution in [0.3, 0.4) is 0 Å². The first-order valence-electron chi connectivity index (χ1n) is 7.86. The van der Waals surface area contributed by atoms with Crippen LogP contribution in [0, 0.1) is 5.82 Å². The Labute approximate surface area is 126 Å². The Bertz CT molecular complexity index is 594. The van der Waals surface area contributed by atoms with Crippen LogP contribution >= 0.6 is 0 Å². The molecule has 0 bridgehead atoms. The molecule has 0 fully saturated rings. The number of nitrogens with one attached hydrogen (secondary N) is 1. The van der Waals surface area contributed by atoms with Gasteiger partial charge in [-0.05, 0) is 60.9 Å². The maximum Gasteiger partial charge on any atom is 0.126 e. The lowest BCUT2D eigenvalue weighted by Crippen LogP contribution is -2.26. The van der Waals surface area contributed by atoms with E-state index in [4.69, 9.17) is 0 Å². The van der Waals surface area contributed by atoms with Crippen molar-refractivity contribution in [3.05, 3.63) is 71.0 Å². The van der Waals surface area contributed by atoms with Gasteiger partial charge in [-0.25, -0.2) is 4.39 Å². The highest BCUT2D eigenvalue weighted by Crippen LogP contribution is 2.30. The molecule has 1 nitrogen and oxygen atoms in total. The molecule has 2 aromatic carbocycles. The highest BCUT2D eigenvalue weighted by atomic mass is 19.1. The fraction of sp³-hybridized carbons (Fsp3) is 0.368. The van der Waals surface area contributed by atoms with Gasteiger partial charge in [0.1, 0.15) is 5.82 Å². The molecule has 2 aromatic rings. The summed E-state index contributed by atoms with van der Waals surface area (Å²) in [4.78, 5) is 0. The van der Waals surface area contributed by atoms with Crippen molar-refractivity contribution >= 4 is 0 Å². The number of hydrogen-bond donors (Lipinski definition) is 1. The van der Waals surface area contributed by atoms with E-state index in [9.17, 15) is 4.39 Å². The standard InChI is InChI=1S/C19H22FN/c20-19-11-4-2-7-16(19)12-13-21-14-17-9-5-8-15-6-1-3-10-18(15)17/h1-4,6-7,10-11,17,21H,5,8-9,12-14H2. The largest absolute Gasteiger partial charge is 0.316 e. The van der Waals surface area contributed by atoms with Crippen LogP contribution in [-0.2, 0) is 12.8 Å². The van der Waals surface area contributed by atoms with Gasteiger partial charge in [0.25, 0.3) is 0 Å². The molecule has 0 aromatic heterocycles. The van der Waals surface area contributed by atoms with E-state index < -0.39 is 0 Å². The van der Waals surface area contributed by atoms with Crippen molar-refractivity contribution in [2.24, 2.45) is 0 Å². The molecule has 0 saturated heterocycles. The van der Waals surface area contributed by atoms with Crippen LogP contribution in [0.5, 0.6) is 0 Å². The summed E-state index contributed by atoms with van der Waals surface area (Å²) < 4.78 is 13.5. The maximum atomic E-state index is 13.5. The average Bonchev–Trinajstić information content (AvgIpc) is 2.53. The van der Waals surface area contributed by atoms with Gasteiger partial charge in [0.2, 0.25) is 0 Å². The molecular formula is C19H22FN. The summed E-state index contributed by atoms with van der Waals surface area (Å²) in [6.45, 7) is 1.82. The Morgan fingerprint density at radius 1 is 1.05 bits per heavy atom. The molecule has 0 saturated carbocycles. The summed E-state index contributed by atoms with van der Waals surface area (Å²) in [5.41, 5.74) is 3.81. The highest BCUT2D eigenvalue weighted by Gasteiger charge is 2.18. The molecule has 1 unspecified atom stereocenters. The van der Waals surface area contributed by atoms with E-state index in [-0.39, 0.29) is 5.82 Å². The molecular weight excluding hydrogens is 261 g/mol. The van der Waals surface area contributed by atoms with Gasteiger partial charge >= 0.3 is 0 Å². The third kappa shape index (κ3) is 3.51. The quantitative estimate of drug-likeness (QED) is 0.815. The van der Waals surface area contributed by atoms with E-state index in [0.29, 0.717) is 5.92 Å². The summed E-state index contributed by atoms with van der Waals surface area (Å²) in [6, 6.07) is 15.8. The van der Waals surface area contributed by atoms with Crippen LogP contribution in [0.15, 0.2) is 48.5 Å². The van der Waals surface area contributed by atoms with Crippen molar-refractivity contribution in [2.45, 2.75) is 31.6 Å². The van der Waals surface area contributed by atoms with Crippen molar-refractivity contribution in [2.75, 3.05) is 13.1 Å². The van der Waals surface area contributed by atoms with Crippen LogP contribution in [0.25, 0.3) is 0 Å². The van der Waals surface area contributed by atoms with Gasteiger partial charge in [0.15, 0.2) is 0 Å². The average molecular weight is 283 g/mol. The first kappa shape index (κ1) is 14.3. The third-order valence-electron chi connectivity index (χ3n) is 4.41. The zero-order valence-electron chi connectivity index (χ0n) is 12.3. The Balaban J connectivity index is 1.52. The smallest absolute Gasteiger partial charge is 0.126 e. The predicted molar refractivity (Wildman–Crippen MR) is 85.1 cm³/mol. The molecule has 0 amide bonds. The SMILES string of the molecule is Fc1ccccc1CCNCC1CCCc2ccccc21. The number of halogens is 1. The second-order valence-electron chi connectivity index (χ2n) is 5.83. The first-order valence-corrected chi connectivity index (χ1v) is 7.86. The second kappa shape index (κ2) is 6.86. The summed E-state index contributed by atoms with van der Waals surface area (Å²) in [7, 11) is 0. The predicted octanol–water partition coefficient (Wildman–Crippen LogP) is 4.08. The first-order chi connectivity index (χ1) is 10.3. The molecule has 1 aliphatic rings. The van der Waals surface area contributed by atoms with Crippen molar-refractivity contribution in [3.8, 4) is 0 Å². The van der Waals surface area contributed by atoms with Gasteiger partial charge < -0.3 is 5.32 Å². The van der Waals surface area contributed by atoms with Gasteiger partial charge in [-0.3, -0.25) is 0 Å². The highest BCUT2D eigenvalue weighted by molar-refractivity contribution is 5.32. The molecule has 3 rings (SSSR count). The van der Waals surface area contributed by atoms with Gasteiger partial charge in [-0.2, -0.15) is 0 Å². The van der Waals surface area contributed by atoms with Gasteiger partial charge in [-0.15, -0.1) is 0 Å². The second-order valence-corrected chi connectivity index (χ2v) is 5.83. The van der Waals surface area contributed by atoms with E-state index in [1.165, 1.54) is 36.5 Å². The van der Waals surface area contributed by atoms with E-state index in [1.807, 2.05) is 12.1 Å². The summed E-state index contributed by atoms with van der Waals surface area (Å²) in [5, 5.41) is 3.51. The molecule has 21 heavy (non-hydrogen) atoms. The number of rotatable bonds is 5. The Hall–Kier alpha value is -1.67. The van der Waals surface area contributed by atoms with Crippen LogP contribution in [0.2, 0.25) is 0 Å². The van der Waals surface area contributed by atoms with Crippen LogP contribution in [0.1, 0.15) is 35.4 Å². The fourth-order valence-corrected chi connectivity index (χ4v) is 3.27. The normalized spacial score (nSPS) is 17.5. The summed E-state index contributed by atoms with van der Waals surface area (Å²) >= 11 is 0. The van der Waals surface area contributed by atoms with Crippen molar-refractivity contribution in [1.82, 2.24) is 5.32 Å². The lowest BCUT2D eigenvalue weighted by Gasteiger charge is -2.25.